The molecule has 4 aromatic rings. The minimum absolute atomic E-state index is 0.127. The van der Waals surface area contributed by atoms with Crippen molar-refractivity contribution in [1.29, 1.82) is 0 Å². The van der Waals surface area contributed by atoms with Crippen LogP contribution in [0.25, 0.3) is 22.4 Å². The molecule has 1 aliphatic rings. The fourth-order valence-corrected chi connectivity index (χ4v) is 4.60. The SMILES string of the molecule is Nc1nc(-c2ccc(Oc3ccccc3)cc2)nc2c1cnn2[C@@H]1CCCN(C(Cl)(Cl)C(=O)Cl)C1. The first-order valence-electron chi connectivity index (χ1n) is 11.0. The van der Waals surface area contributed by atoms with Gasteiger partial charge in [0.2, 0.25) is 4.46 Å². The van der Waals surface area contributed by atoms with Gasteiger partial charge in [-0.2, -0.15) is 5.10 Å². The zero-order valence-corrected chi connectivity index (χ0v) is 20.7. The van der Waals surface area contributed by atoms with Crippen LogP contribution in [0.15, 0.2) is 60.8 Å². The van der Waals surface area contributed by atoms with E-state index in [1.54, 1.807) is 15.8 Å². The molecule has 0 unspecified atom stereocenters. The smallest absolute Gasteiger partial charge is 0.273 e. The van der Waals surface area contributed by atoms with E-state index < -0.39 is 9.70 Å². The van der Waals surface area contributed by atoms with Gasteiger partial charge in [0, 0.05) is 18.7 Å². The Balaban J connectivity index is 1.43. The molecule has 5 rings (SSSR count). The number of rotatable bonds is 6. The number of likely N-dealkylation sites (tertiary alicyclic amines) is 1. The molecule has 180 valence electrons. The monoisotopic (exact) mass is 530 g/mol. The summed E-state index contributed by atoms with van der Waals surface area (Å²) in [5, 5.41) is 4.33. The van der Waals surface area contributed by atoms with Gasteiger partial charge < -0.3 is 10.5 Å². The molecule has 0 amide bonds. The highest BCUT2D eigenvalue weighted by molar-refractivity contribution is 6.78. The molecule has 0 radical (unpaired) electrons. The van der Waals surface area contributed by atoms with E-state index in [0.717, 1.165) is 24.2 Å². The van der Waals surface area contributed by atoms with Crippen molar-refractivity contribution in [3.63, 3.8) is 0 Å². The van der Waals surface area contributed by atoms with E-state index in [1.807, 2.05) is 54.6 Å². The first-order chi connectivity index (χ1) is 16.8. The molecule has 1 aliphatic heterocycles. The summed E-state index contributed by atoms with van der Waals surface area (Å²) in [7, 11) is 0. The van der Waals surface area contributed by atoms with E-state index in [9.17, 15) is 4.79 Å². The fourth-order valence-electron chi connectivity index (χ4n) is 4.17. The van der Waals surface area contributed by atoms with Crippen molar-refractivity contribution < 1.29 is 9.53 Å². The van der Waals surface area contributed by atoms with Crippen LogP contribution in [-0.4, -0.2) is 47.4 Å². The number of carbonyl (C=O) groups is 1. The van der Waals surface area contributed by atoms with Gasteiger partial charge in [0.15, 0.2) is 11.5 Å². The molecule has 0 spiro atoms. The van der Waals surface area contributed by atoms with Crippen molar-refractivity contribution in [2.75, 3.05) is 18.8 Å². The number of aromatic nitrogens is 4. The maximum Gasteiger partial charge on any atom is 0.273 e. The Morgan fingerprint density at radius 1 is 1.06 bits per heavy atom. The lowest BCUT2D eigenvalue weighted by Crippen LogP contribution is -2.49. The van der Waals surface area contributed by atoms with Gasteiger partial charge in [0.1, 0.15) is 17.3 Å². The van der Waals surface area contributed by atoms with Crippen molar-refractivity contribution in [3.8, 4) is 22.9 Å². The van der Waals surface area contributed by atoms with Crippen molar-refractivity contribution in [3.05, 3.63) is 60.8 Å². The normalized spacial score (nSPS) is 16.9. The number of carbonyl (C=O) groups excluding carboxylic acids is 1. The lowest BCUT2D eigenvalue weighted by molar-refractivity contribution is -0.116. The molecule has 0 bridgehead atoms. The average molecular weight is 532 g/mol. The Labute approximate surface area is 216 Å². The summed E-state index contributed by atoms with van der Waals surface area (Å²) in [4.78, 5) is 22.6. The van der Waals surface area contributed by atoms with E-state index in [4.69, 9.17) is 50.3 Å². The number of hydrogen-bond donors (Lipinski definition) is 1. The summed E-state index contributed by atoms with van der Waals surface area (Å²) in [5.74, 6) is 2.24. The van der Waals surface area contributed by atoms with Gasteiger partial charge in [-0.05, 0) is 60.8 Å². The first-order valence-corrected chi connectivity index (χ1v) is 12.1. The van der Waals surface area contributed by atoms with Crippen LogP contribution in [0.4, 0.5) is 5.82 Å². The van der Waals surface area contributed by atoms with Gasteiger partial charge in [0.05, 0.1) is 17.6 Å². The number of anilines is 1. The summed E-state index contributed by atoms with van der Waals surface area (Å²) < 4.78 is 5.85. The Morgan fingerprint density at radius 2 is 1.77 bits per heavy atom. The standard InChI is InChI=1S/C24H21Cl3N6O2/c25-23(34)24(26,27)32-12-4-5-16(14-32)33-22-19(13-29-33)20(28)30-21(31-22)15-8-10-18(11-9-15)35-17-6-2-1-3-7-17/h1-3,6-11,13,16H,4-5,12,14H2,(H2,28,30,31)/t16-/m1/s1. The zero-order valence-electron chi connectivity index (χ0n) is 18.4. The van der Waals surface area contributed by atoms with Crippen LogP contribution >= 0.6 is 34.8 Å². The Morgan fingerprint density at radius 3 is 2.49 bits per heavy atom. The quantitative estimate of drug-likeness (QED) is 0.202. The number of piperidine rings is 1. The Hall–Kier alpha value is -2.91. The first kappa shape index (κ1) is 23.8. The van der Waals surface area contributed by atoms with Gasteiger partial charge in [-0.3, -0.25) is 9.69 Å². The number of halogens is 3. The largest absolute Gasteiger partial charge is 0.457 e. The second-order valence-corrected chi connectivity index (χ2v) is 9.89. The van der Waals surface area contributed by atoms with Crippen molar-refractivity contribution in [2.24, 2.45) is 0 Å². The summed E-state index contributed by atoms with van der Waals surface area (Å²) in [6.07, 6.45) is 3.21. The fraction of sp³-hybridized carbons (Fsp3) is 0.250. The molecule has 2 N–H and O–H groups in total. The molecule has 3 heterocycles. The summed E-state index contributed by atoms with van der Waals surface area (Å²) in [6, 6.07) is 16.9. The number of hydrogen-bond acceptors (Lipinski definition) is 7. The Bertz CT molecular complexity index is 1360. The topological polar surface area (TPSA) is 99.2 Å². The lowest BCUT2D eigenvalue weighted by Gasteiger charge is -2.38. The predicted molar refractivity (Wildman–Crippen MR) is 137 cm³/mol. The minimum Gasteiger partial charge on any atom is -0.457 e. The molecule has 0 aliphatic carbocycles. The third-order valence-electron chi connectivity index (χ3n) is 5.95. The van der Waals surface area contributed by atoms with Gasteiger partial charge in [-0.15, -0.1) is 0 Å². The maximum atomic E-state index is 11.7. The van der Waals surface area contributed by atoms with Gasteiger partial charge >= 0.3 is 0 Å². The predicted octanol–water partition coefficient (Wildman–Crippen LogP) is 5.40. The third kappa shape index (κ3) is 4.79. The third-order valence-corrected chi connectivity index (χ3v) is 7.24. The molecule has 2 aromatic heterocycles. The zero-order chi connectivity index (χ0) is 24.6. The van der Waals surface area contributed by atoms with E-state index in [0.29, 0.717) is 41.5 Å². The number of benzene rings is 2. The minimum atomic E-state index is -1.80. The summed E-state index contributed by atoms with van der Waals surface area (Å²) >= 11 is 18.1. The van der Waals surface area contributed by atoms with Crippen molar-refractivity contribution >= 4 is 56.9 Å². The summed E-state index contributed by atoms with van der Waals surface area (Å²) in [5.41, 5.74) is 7.64. The summed E-state index contributed by atoms with van der Waals surface area (Å²) in [6.45, 7) is 0.925. The van der Waals surface area contributed by atoms with E-state index >= 15 is 0 Å². The molecular weight excluding hydrogens is 511 g/mol. The van der Waals surface area contributed by atoms with Gasteiger partial charge in [-0.25, -0.2) is 14.6 Å². The van der Waals surface area contributed by atoms with E-state index in [1.165, 1.54) is 0 Å². The van der Waals surface area contributed by atoms with Crippen LogP contribution in [0.1, 0.15) is 18.9 Å². The van der Waals surface area contributed by atoms with Crippen molar-refractivity contribution in [1.82, 2.24) is 24.6 Å². The highest BCUT2D eigenvalue weighted by atomic mass is 35.5. The number of alkyl halides is 2. The van der Waals surface area contributed by atoms with Crippen LogP contribution in [0.2, 0.25) is 0 Å². The van der Waals surface area contributed by atoms with Gasteiger partial charge in [0.25, 0.3) is 5.24 Å². The molecule has 2 aromatic carbocycles. The number of nitrogens with two attached hydrogens (primary N) is 1. The molecular formula is C24H21Cl3N6O2. The Kier molecular flexibility index (Phi) is 6.55. The number of nitrogens with zero attached hydrogens (tertiary/aromatic N) is 5. The molecule has 8 nitrogen and oxygen atoms in total. The number of nitrogen functional groups attached to an aromatic ring is 1. The maximum absolute atomic E-state index is 11.7. The van der Waals surface area contributed by atoms with Crippen LogP contribution in [0, 0.1) is 0 Å². The number of fused-ring (bicyclic) bond motifs is 1. The molecule has 11 heteroatoms. The van der Waals surface area contributed by atoms with E-state index in [-0.39, 0.29) is 6.04 Å². The highest BCUT2D eigenvalue weighted by Crippen LogP contribution is 2.36. The molecule has 1 saturated heterocycles. The number of para-hydroxylation sites is 1. The lowest BCUT2D eigenvalue weighted by atomic mass is 10.1. The molecule has 0 saturated carbocycles. The highest BCUT2D eigenvalue weighted by Gasteiger charge is 2.42. The van der Waals surface area contributed by atoms with Crippen LogP contribution < -0.4 is 10.5 Å². The number of ether oxygens (including phenoxy) is 1. The van der Waals surface area contributed by atoms with Crippen LogP contribution in [0.5, 0.6) is 11.5 Å². The molecule has 1 fully saturated rings. The molecule has 35 heavy (non-hydrogen) atoms. The van der Waals surface area contributed by atoms with E-state index in [2.05, 4.69) is 10.1 Å². The second-order valence-electron chi connectivity index (χ2n) is 8.26. The average Bonchev–Trinajstić information content (AvgIpc) is 3.30. The molecule has 1 atom stereocenters. The van der Waals surface area contributed by atoms with Crippen LogP contribution in [0.3, 0.4) is 0 Å². The van der Waals surface area contributed by atoms with Crippen molar-refractivity contribution in [2.45, 2.75) is 23.3 Å². The van der Waals surface area contributed by atoms with Gasteiger partial charge in [-0.1, -0.05) is 41.4 Å². The second kappa shape index (κ2) is 9.62. The van der Waals surface area contributed by atoms with Crippen LogP contribution in [-0.2, 0) is 4.79 Å².